The van der Waals surface area contributed by atoms with Crippen molar-refractivity contribution in [1.82, 2.24) is 4.98 Å². The first kappa shape index (κ1) is 9.20. The minimum Gasteiger partial charge on any atom is -0.260 e. The number of hydrogen-bond donors (Lipinski definition) is 0. The average Bonchev–Trinajstić information content (AvgIpc) is 1.94. The summed E-state index contributed by atoms with van der Waals surface area (Å²) in [4.78, 5) is 4.26. The van der Waals surface area contributed by atoms with Gasteiger partial charge in [-0.25, -0.2) is 0 Å². The molecule has 60 valence electrons. The van der Waals surface area contributed by atoms with Crippen molar-refractivity contribution in [2.45, 2.75) is 19.8 Å². The third-order valence-electron chi connectivity index (χ3n) is 1.42. The van der Waals surface area contributed by atoms with Gasteiger partial charge in [-0.15, -0.1) is 0 Å². The Hall–Kier alpha value is 0.110. The second-order valence-electron chi connectivity index (χ2n) is 2.65. The van der Waals surface area contributed by atoms with Gasteiger partial charge in [0.25, 0.3) is 0 Å². The summed E-state index contributed by atoms with van der Waals surface area (Å²) in [5.74, 6) is 0.460. The fraction of sp³-hybridized carbons (Fsp3) is 0.375. The van der Waals surface area contributed by atoms with Gasteiger partial charge in [-0.1, -0.05) is 13.8 Å². The quantitative estimate of drug-likeness (QED) is 0.763. The van der Waals surface area contributed by atoms with E-state index in [-0.39, 0.29) is 0 Å². The van der Waals surface area contributed by atoms with E-state index in [1.165, 1.54) is 0 Å². The van der Waals surface area contributed by atoms with Gasteiger partial charge in [-0.05, 0) is 43.8 Å². The standard InChI is InChI=1S/C8H9Br2N/c1-5(2)8-7(10)6(9)3-4-11-8/h3-5H,1-2H3. The van der Waals surface area contributed by atoms with Gasteiger partial charge < -0.3 is 0 Å². The van der Waals surface area contributed by atoms with Crippen molar-refractivity contribution in [1.29, 1.82) is 0 Å². The number of halogens is 2. The van der Waals surface area contributed by atoms with E-state index in [0.717, 1.165) is 14.6 Å². The third kappa shape index (κ3) is 2.03. The fourth-order valence-corrected chi connectivity index (χ4v) is 1.85. The molecule has 0 saturated heterocycles. The van der Waals surface area contributed by atoms with Gasteiger partial charge >= 0.3 is 0 Å². The number of rotatable bonds is 1. The summed E-state index contributed by atoms with van der Waals surface area (Å²) >= 11 is 6.90. The van der Waals surface area contributed by atoms with Gasteiger partial charge in [-0.3, -0.25) is 4.98 Å². The highest BCUT2D eigenvalue weighted by Gasteiger charge is 2.07. The molecule has 0 bridgehead atoms. The molecule has 0 aromatic carbocycles. The molecule has 0 amide bonds. The van der Waals surface area contributed by atoms with Crippen LogP contribution in [-0.2, 0) is 0 Å². The molecule has 0 unspecified atom stereocenters. The van der Waals surface area contributed by atoms with Crippen LogP contribution in [-0.4, -0.2) is 4.98 Å². The van der Waals surface area contributed by atoms with Crippen molar-refractivity contribution in [2.24, 2.45) is 0 Å². The van der Waals surface area contributed by atoms with Crippen LogP contribution in [0.1, 0.15) is 25.5 Å². The Balaban J connectivity index is 3.17. The zero-order valence-corrected chi connectivity index (χ0v) is 9.61. The van der Waals surface area contributed by atoms with E-state index in [2.05, 4.69) is 50.7 Å². The molecule has 0 N–H and O–H groups in total. The summed E-state index contributed by atoms with van der Waals surface area (Å²) < 4.78 is 2.13. The van der Waals surface area contributed by atoms with Gasteiger partial charge in [0.2, 0.25) is 0 Å². The molecule has 0 aliphatic rings. The van der Waals surface area contributed by atoms with Gasteiger partial charge in [0.1, 0.15) is 0 Å². The minimum atomic E-state index is 0.460. The molecule has 0 saturated carbocycles. The molecule has 0 atom stereocenters. The number of pyridine rings is 1. The lowest BCUT2D eigenvalue weighted by Gasteiger charge is -2.07. The summed E-state index contributed by atoms with van der Waals surface area (Å²) in [6.45, 7) is 4.25. The first-order chi connectivity index (χ1) is 5.13. The number of nitrogens with zero attached hydrogens (tertiary/aromatic N) is 1. The molecule has 1 nitrogen and oxygen atoms in total. The fourth-order valence-electron chi connectivity index (χ4n) is 0.838. The maximum atomic E-state index is 4.26. The average molecular weight is 279 g/mol. The molecule has 0 aliphatic carbocycles. The summed E-state index contributed by atoms with van der Waals surface area (Å²) in [6.07, 6.45) is 1.81. The lowest BCUT2D eigenvalue weighted by Crippen LogP contribution is -1.93. The van der Waals surface area contributed by atoms with Gasteiger partial charge in [0.15, 0.2) is 0 Å². The summed E-state index contributed by atoms with van der Waals surface area (Å²) in [5, 5.41) is 0. The SMILES string of the molecule is CC(C)c1nccc(Br)c1Br. The largest absolute Gasteiger partial charge is 0.260 e. The van der Waals surface area contributed by atoms with Gasteiger partial charge in [-0.2, -0.15) is 0 Å². The van der Waals surface area contributed by atoms with E-state index in [4.69, 9.17) is 0 Å². The predicted molar refractivity (Wildman–Crippen MR) is 53.7 cm³/mol. The second-order valence-corrected chi connectivity index (χ2v) is 4.29. The lowest BCUT2D eigenvalue weighted by atomic mass is 10.1. The molecule has 0 aliphatic heterocycles. The smallest absolute Gasteiger partial charge is 0.0582 e. The minimum absolute atomic E-state index is 0.460. The highest BCUT2D eigenvalue weighted by Crippen LogP contribution is 2.29. The Bertz CT molecular complexity index is 258. The Morgan fingerprint density at radius 2 is 2.00 bits per heavy atom. The van der Waals surface area contributed by atoms with Crippen LogP contribution in [0.4, 0.5) is 0 Å². The monoisotopic (exact) mass is 277 g/mol. The van der Waals surface area contributed by atoms with E-state index >= 15 is 0 Å². The molecule has 11 heavy (non-hydrogen) atoms. The summed E-state index contributed by atoms with van der Waals surface area (Å²) in [7, 11) is 0. The summed E-state index contributed by atoms with van der Waals surface area (Å²) in [5.41, 5.74) is 1.10. The molecule has 0 fully saturated rings. The molecule has 0 radical (unpaired) electrons. The summed E-state index contributed by atoms with van der Waals surface area (Å²) in [6, 6.07) is 1.93. The van der Waals surface area contributed by atoms with Crippen molar-refractivity contribution < 1.29 is 0 Å². The van der Waals surface area contributed by atoms with E-state index in [1.807, 2.05) is 12.3 Å². The van der Waals surface area contributed by atoms with E-state index in [9.17, 15) is 0 Å². The Morgan fingerprint density at radius 3 is 2.45 bits per heavy atom. The molecule has 3 heteroatoms. The van der Waals surface area contributed by atoms with Crippen LogP contribution in [0.15, 0.2) is 21.2 Å². The van der Waals surface area contributed by atoms with Crippen molar-refractivity contribution >= 4 is 31.9 Å². The molecular weight excluding hydrogens is 270 g/mol. The van der Waals surface area contributed by atoms with Crippen molar-refractivity contribution in [2.75, 3.05) is 0 Å². The van der Waals surface area contributed by atoms with E-state index in [0.29, 0.717) is 5.92 Å². The number of aromatic nitrogens is 1. The van der Waals surface area contributed by atoms with Crippen LogP contribution in [0.5, 0.6) is 0 Å². The zero-order valence-electron chi connectivity index (χ0n) is 6.44. The van der Waals surface area contributed by atoms with Crippen LogP contribution >= 0.6 is 31.9 Å². The highest BCUT2D eigenvalue weighted by molar-refractivity contribution is 9.13. The maximum Gasteiger partial charge on any atom is 0.0582 e. The lowest BCUT2D eigenvalue weighted by molar-refractivity contribution is 0.814. The maximum absolute atomic E-state index is 4.26. The van der Waals surface area contributed by atoms with E-state index < -0.39 is 0 Å². The topological polar surface area (TPSA) is 12.9 Å². The Kier molecular flexibility index (Phi) is 3.07. The van der Waals surface area contributed by atoms with Crippen LogP contribution in [0.2, 0.25) is 0 Å². The van der Waals surface area contributed by atoms with E-state index in [1.54, 1.807) is 0 Å². The predicted octanol–water partition coefficient (Wildman–Crippen LogP) is 3.73. The molecule has 1 aromatic rings. The van der Waals surface area contributed by atoms with Crippen molar-refractivity contribution in [3.63, 3.8) is 0 Å². The van der Waals surface area contributed by atoms with Crippen molar-refractivity contribution in [3.05, 3.63) is 26.9 Å². The van der Waals surface area contributed by atoms with Gasteiger partial charge in [0.05, 0.1) is 10.2 Å². The molecular formula is C8H9Br2N. The van der Waals surface area contributed by atoms with Crippen LogP contribution in [0.3, 0.4) is 0 Å². The molecule has 1 heterocycles. The molecule has 1 aromatic heterocycles. The van der Waals surface area contributed by atoms with Crippen LogP contribution in [0.25, 0.3) is 0 Å². The molecule has 1 rings (SSSR count). The van der Waals surface area contributed by atoms with Crippen LogP contribution in [0, 0.1) is 0 Å². The first-order valence-electron chi connectivity index (χ1n) is 3.43. The highest BCUT2D eigenvalue weighted by atomic mass is 79.9. The first-order valence-corrected chi connectivity index (χ1v) is 5.01. The third-order valence-corrected chi connectivity index (χ3v) is 3.44. The Morgan fingerprint density at radius 1 is 1.36 bits per heavy atom. The Labute approximate surface area is 83.5 Å². The van der Waals surface area contributed by atoms with Gasteiger partial charge in [0, 0.05) is 10.7 Å². The number of hydrogen-bond acceptors (Lipinski definition) is 1. The normalized spacial score (nSPS) is 10.6. The second kappa shape index (κ2) is 3.68. The van der Waals surface area contributed by atoms with Crippen molar-refractivity contribution in [3.8, 4) is 0 Å². The zero-order chi connectivity index (χ0) is 8.43. The molecule has 0 spiro atoms. The van der Waals surface area contributed by atoms with Crippen LogP contribution < -0.4 is 0 Å².